The van der Waals surface area contributed by atoms with Crippen LogP contribution in [-0.2, 0) is 11.2 Å². The summed E-state index contributed by atoms with van der Waals surface area (Å²) in [6, 6.07) is -0.427. The van der Waals surface area contributed by atoms with Crippen LogP contribution < -0.4 is 5.32 Å². The predicted molar refractivity (Wildman–Crippen MR) is 65.1 cm³/mol. The van der Waals surface area contributed by atoms with Gasteiger partial charge in [0, 0.05) is 31.9 Å². The highest BCUT2D eigenvalue weighted by Crippen LogP contribution is 1.92. The number of aliphatic carboxylic acids is 1. The van der Waals surface area contributed by atoms with Gasteiger partial charge < -0.3 is 20.3 Å². The van der Waals surface area contributed by atoms with Crippen LogP contribution in [0.5, 0.6) is 0 Å². The molecule has 1 heterocycles. The van der Waals surface area contributed by atoms with E-state index in [0.717, 1.165) is 10.7 Å². The molecular weight excluding hydrogens is 236 g/mol. The first-order valence-corrected chi connectivity index (χ1v) is 5.47. The molecule has 0 saturated carbocycles. The van der Waals surface area contributed by atoms with Crippen molar-refractivity contribution in [1.29, 1.82) is 0 Å². The minimum absolute atomic E-state index is 0.193. The molecule has 2 amide bonds. The number of aromatic nitrogens is 2. The Labute approximate surface area is 105 Å². The Morgan fingerprint density at radius 1 is 1.61 bits per heavy atom. The molecule has 98 valence electrons. The summed E-state index contributed by atoms with van der Waals surface area (Å²) in [6.07, 6.45) is 5.37. The zero-order chi connectivity index (χ0) is 13.4. The van der Waals surface area contributed by atoms with Gasteiger partial charge in [-0.3, -0.25) is 4.79 Å². The van der Waals surface area contributed by atoms with E-state index in [9.17, 15) is 9.59 Å². The van der Waals surface area contributed by atoms with E-state index in [1.807, 2.05) is 0 Å². The van der Waals surface area contributed by atoms with Crippen LogP contribution in [0.1, 0.15) is 5.82 Å². The highest BCUT2D eigenvalue weighted by Gasteiger charge is 2.14. The summed E-state index contributed by atoms with van der Waals surface area (Å²) in [5.41, 5.74) is 0. The number of hydrogen-bond acceptors (Lipinski definition) is 3. The number of carbonyl (C=O) groups is 2. The van der Waals surface area contributed by atoms with Crippen LogP contribution in [0.4, 0.5) is 4.79 Å². The average molecular weight is 252 g/mol. The summed E-state index contributed by atoms with van der Waals surface area (Å²) in [5.74, 6) is -0.290. The molecule has 0 aromatic carbocycles. The summed E-state index contributed by atoms with van der Waals surface area (Å²) in [4.78, 5) is 30.3. The number of rotatable bonds is 7. The number of aromatic amines is 1. The fraction of sp³-hybridized carbons (Fsp3) is 0.364. The highest BCUT2D eigenvalue weighted by atomic mass is 16.4. The SMILES string of the molecule is C=CCN(CC(=O)O)C(=O)NCCc1ncc[nH]1. The summed E-state index contributed by atoms with van der Waals surface area (Å²) < 4.78 is 0. The molecule has 0 aliphatic heterocycles. The number of carbonyl (C=O) groups excluding carboxylic acids is 1. The molecule has 1 rings (SSSR count). The van der Waals surface area contributed by atoms with E-state index in [0.29, 0.717) is 13.0 Å². The number of carboxylic acid groups (broad SMARTS) is 1. The second-order valence-corrected chi connectivity index (χ2v) is 3.58. The third kappa shape index (κ3) is 4.69. The highest BCUT2D eigenvalue weighted by molar-refractivity contribution is 5.80. The van der Waals surface area contributed by atoms with Crippen molar-refractivity contribution >= 4 is 12.0 Å². The number of carboxylic acids is 1. The first kappa shape index (κ1) is 13.8. The number of imidazole rings is 1. The van der Waals surface area contributed by atoms with Gasteiger partial charge in [0.05, 0.1) is 0 Å². The number of nitrogens with zero attached hydrogens (tertiary/aromatic N) is 2. The van der Waals surface area contributed by atoms with E-state index >= 15 is 0 Å². The molecule has 0 spiro atoms. The van der Waals surface area contributed by atoms with Crippen molar-refractivity contribution in [3.05, 3.63) is 30.9 Å². The summed E-state index contributed by atoms with van der Waals surface area (Å²) in [5, 5.41) is 11.3. The van der Waals surface area contributed by atoms with Crippen molar-refractivity contribution in [2.45, 2.75) is 6.42 Å². The van der Waals surface area contributed by atoms with E-state index in [4.69, 9.17) is 5.11 Å². The van der Waals surface area contributed by atoms with E-state index in [1.165, 1.54) is 6.08 Å². The molecule has 18 heavy (non-hydrogen) atoms. The van der Waals surface area contributed by atoms with Gasteiger partial charge in [0.15, 0.2) is 0 Å². The number of hydrogen-bond donors (Lipinski definition) is 3. The van der Waals surface area contributed by atoms with Gasteiger partial charge in [0.1, 0.15) is 12.4 Å². The Morgan fingerprint density at radius 3 is 2.94 bits per heavy atom. The molecule has 0 aliphatic carbocycles. The van der Waals surface area contributed by atoms with Crippen molar-refractivity contribution in [2.75, 3.05) is 19.6 Å². The number of nitrogens with one attached hydrogen (secondary N) is 2. The molecule has 0 aliphatic rings. The normalized spacial score (nSPS) is 9.78. The lowest BCUT2D eigenvalue weighted by molar-refractivity contribution is -0.137. The number of amides is 2. The molecule has 1 aromatic rings. The zero-order valence-corrected chi connectivity index (χ0v) is 9.93. The maximum Gasteiger partial charge on any atom is 0.323 e. The lowest BCUT2D eigenvalue weighted by Crippen LogP contribution is -2.43. The molecule has 7 nitrogen and oxygen atoms in total. The van der Waals surface area contributed by atoms with Crippen LogP contribution in [-0.4, -0.2) is 51.6 Å². The second kappa shape index (κ2) is 7.10. The standard InChI is InChI=1S/C11H16N4O3/c1-2-7-15(8-10(16)17)11(18)14-4-3-9-12-5-6-13-9/h2,5-6H,1,3-4,7-8H2,(H,12,13)(H,14,18)(H,16,17). The van der Waals surface area contributed by atoms with Crippen molar-refractivity contribution in [1.82, 2.24) is 20.2 Å². The van der Waals surface area contributed by atoms with Gasteiger partial charge in [-0.2, -0.15) is 0 Å². The maximum atomic E-state index is 11.7. The monoisotopic (exact) mass is 252 g/mol. The van der Waals surface area contributed by atoms with Crippen LogP contribution in [0.3, 0.4) is 0 Å². The quantitative estimate of drug-likeness (QED) is 0.605. The molecule has 3 N–H and O–H groups in total. The Kier molecular flexibility index (Phi) is 5.43. The fourth-order valence-corrected chi connectivity index (χ4v) is 1.37. The third-order valence-corrected chi connectivity index (χ3v) is 2.16. The molecule has 0 radical (unpaired) electrons. The third-order valence-electron chi connectivity index (χ3n) is 2.16. The molecule has 7 heteroatoms. The first-order chi connectivity index (χ1) is 8.63. The lowest BCUT2D eigenvalue weighted by Gasteiger charge is -2.19. The fourth-order valence-electron chi connectivity index (χ4n) is 1.37. The van der Waals surface area contributed by atoms with Crippen molar-refractivity contribution in [3.63, 3.8) is 0 Å². The van der Waals surface area contributed by atoms with Crippen molar-refractivity contribution < 1.29 is 14.7 Å². The van der Waals surface area contributed by atoms with Crippen LogP contribution in [0, 0.1) is 0 Å². The Morgan fingerprint density at radius 2 is 2.39 bits per heavy atom. The molecule has 0 atom stereocenters. The largest absolute Gasteiger partial charge is 0.480 e. The topological polar surface area (TPSA) is 98.3 Å². The molecular formula is C11H16N4O3. The summed E-state index contributed by atoms with van der Waals surface area (Å²) in [7, 11) is 0. The lowest BCUT2D eigenvalue weighted by atomic mass is 10.4. The van der Waals surface area contributed by atoms with E-state index in [1.54, 1.807) is 12.4 Å². The second-order valence-electron chi connectivity index (χ2n) is 3.58. The minimum atomic E-state index is -1.06. The van der Waals surface area contributed by atoms with Gasteiger partial charge in [0.25, 0.3) is 0 Å². The van der Waals surface area contributed by atoms with Crippen LogP contribution in [0.25, 0.3) is 0 Å². The Bertz CT molecular complexity index is 402. The van der Waals surface area contributed by atoms with Gasteiger partial charge in [-0.1, -0.05) is 6.08 Å². The van der Waals surface area contributed by atoms with Gasteiger partial charge >= 0.3 is 12.0 Å². The van der Waals surface area contributed by atoms with Gasteiger partial charge in [-0.25, -0.2) is 9.78 Å². The Balaban J connectivity index is 2.36. The van der Waals surface area contributed by atoms with E-state index < -0.39 is 12.0 Å². The molecule has 0 bridgehead atoms. The molecule has 0 fully saturated rings. The maximum absolute atomic E-state index is 11.7. The zero-order valence-electron chi connectivity index (χ0n) is 9.93. The molecule has 1 aromatic heterocycles. The van der Waals surface area contributed by atoms with Crippen molar-refractivity contribution in [3.8, 4) is 0 Å². The molecule has 0 unspecified atom stereocenters. The van der Waals surface area contributed by atoms with Crippen LogP contribution >= 0.6 is 0 Å². The summed E-state index contributed by atoms with van der Waals surface area (Å²) >= 11 is 0. The minimum Gasteiger partial charge on any atom is -0.480 e. The van der Waals surface area contributed by atoms with E-state index in [2.05, 4.69) is 21.9 Å². The summed E-state index contributed by atoms with van der Waals surface area (Å²) in [6.45, 7) is 3.71. The van der Waals surface area contributed by atoms with Crippen molar-refractivity contribution in [2.24, 2.45) is 0 Å². The number of urea groups is 1. The molecule has 0 saturated heterocycles. The van der Waals surface area contributed by atoms with Crippen LogP contribution in [0.15, 0.2) is 25.0 Å². The van der Waals surface area contributed by atoms with Gasteiger partial charge in [-0.15, -0.1) is 6.58 Å². The van der Waals surface area contributed by atoms with E-state index in [-0.39, 0.29) is 13.1 Å². The Hall–Kier alpha value is -2.31. The smallest absolute Gasteiger partial charge is 0.323 e. The van der Waals surface area contributed by atoms with Crippen LogP contribution in [0.2, 0.25) is 0 Å². The number of H-pyrrole nitrogens is 1. The predicted octanol–water partition coefficient (Wildman–Crippen LogP) is 0.234. The van der Waals surface area contributed by atoms with Gasteiger partial charge in [-0.05, 0) is 0 Å². The van der Waals surface area contributed by atoms with Gasteiger partial charge in [0.2, 0.25) is 0 Å². The first-order valence-electron chi connectivity index (χ1n) is 5.47. The average Bonchev–Trinajstić information content (AvgIpc) is 2.81.